The van der Waals surface area contributed by atoms with Gasteiger partial charge in [0.2, 0.25) is 0 Å². The largest absolute Gasteiger partial charge is 0.198 e. The second-order valence-electron chi connectivity index (χ2n) is 9.62. The molecule has 1 atom stereocenters. The zero-order valence-electron chi connectivity index (χ0n) is 19.8. The van der Waals surface area contributed by atoms with Crippen LogP contribution in [0.1, 0.15) is 59.9 Å². The molecule has 166 valence electrons. The first-order valence-electron chi connectivity index (χ1n) is 12.6. The fourth-order valence-electron chi connectivity index (χ4n) is 6.33. The van der Waals surface area contributed by atoms with Crippen LogP contribution in [0.2, 0.25) is 0 Å². The van der Waals surface area contributed by atoms with Crippen molar-refractivity contribution in [3.63, 3.8) is 0 Å². The molecule has 0 bridgehead atoms. The standard InChI is InChI=1S/C33H29N/c1-2-22-9-5-11-26-25(22)17-18-33-29-13-6-12-28(32(29)20-19-31(26)33)30-16-15-23-8-3-4-10-24(23)27(30)14-7-21-34/h3-5,8-11,15-20,28H,2,6-7,12-14H2,1H3. The number of rotatable bonds is 4. The van der Waals surface area contributed by atoms with E-state index in [1.54, 1.807) is 0 Å². The average Bonchev–Trinajstić information content (AvgIpc) is 2.90. The van der Waals surface area contributed by atoms with E-state index in [0.717, 1.165) is 19.3 Å². The summed E-state index contributed by atoms with van der Waals surface area (Å²) in [6.45, 7) is 2.24. The molecule has 34 heavy (non-hydrogen) atoms. The second kappa shape index (κ2) is 8.62. The molecular formula is C33H29N. The minimum Gasteiger partial charge on any atom is -0.198 e. The SMILES string of the molecule is CCc1cccc2c1ccc1c3c(ccc12)C(c1ccc2ccccc2c1CCC#N)CCC3. The van der Waals surface area contributed by atoms with Gasteiger partial charge in [-0.05, 0) is 92.2 Å². The van der Waals surface area contributed by atoms with Crippen molar-refractivity contribution in [2.24, 2.45) is 0 Å². The number of benzene rings is 5. The summed E-state index contributed by atoms with van der Waals surface area (Å²) in [5.41, 5.74) is 7.22. The minimum absolute atomic E-state index is 0.393. The van der Waals surface area contributed by atoms with E-state index < -0.39 is 0 Å². The van der Waals surface area contributed by atoms with Gasteiger partial charge in [0.25, 0.3) is 0 Å². The zero-order valence-corrected chi connectivity index (χ0v) is 19.8. The van der Waals surface area contributed by atoms with Gasteiger partial charge in [0.15, 0.2) is 0 Å². The quantitative estimate of drug-likeness (QED) is 0.257. The second-order valence-corrected chi connectivity index (χ2v) is 9.62. The normalized spacial score (nSPS) is 15.5. The third-order valence-corrected chi connectivity index (χ3v) is 7.91. The van der Waals surface area contributed by atoms with E-state index in [4.69, 9.17) is 0 Å². The highest BCUT2D eigenvalue weighted by Gasteiger charge is 2.26. The van der Waals surface area contributed by atoms with E-state index in [2.05, 4.69) is 91.9 Å². The Morgan fingerprint density at radius 1 is 0.765 bits per heavy atom. The first kappa shape index (κ1) is 20.9. The summed E-state index contributed by atoms with van der Waals surface area (Å²) in [6, 6.07) is 31.9. The maximum atomic E-state index is 9.35. The molecule has 0 fully saturated rings. The van der Waals surface area contributed by atoms with Gasteiger partial charge in [-0.3, -0.25) is 0 Å². The Morgan fingerprint density at radius 3 is 2.41 bits per heavy atom. The molecular weight excluding hydrogens is 410 g/mol. The lowest BCUT2D eigenvalue weighted by Crippen LogP contribution is -2.13. The number of aryl methyl sites for hydroxylation is 3. The van der Waals surface area contributed by atoms with Crippen molar-refractivity contribution < 1.29 is 0 Å². The van der Waals surface area contributed by atoms with Crippen LogP contribution in [0.3, 0.4) is 0 Å². The summed E-state index contributed by atoms with van der Waals surface area (Å²) in [7, 11) is 0. The molecule has 1 unspecified atom stereocenters. The molecule has 1 aliphatic carbocycles. The van der Waals surface area contributed by atoms with Gasteiger partial charge in [0.1, 0.15) is 0 Å². The van der Waals surface area contributed by atoms with Crippen LogP contribution in [0.4, 0.5) is 0 Å². The summed E-state index contributed by atoms with van der Waals surface area (Å²) in [6.07, 6.45) is 5.95. The molecule has 0 saturated heterocycles. The van der Waals surface area contributed by atoms with Crippen molar-refractivity contribution in [3.8, 4) is 6.07 Å². The van der Waals surface area contributed by atoms with Gasteiger partial charge < -0.3 is 0 Å². The fraction of sp³-hybridized carbons (Fsp3) is 0.242. The van der Waals surface area contributed by atoms with Crippen molar-refractivity contribution in [1.82, 2.24) is 0 Å². The summed E-state index contributed by atoms with van der Waals surface area (Å²) < 4.78 is 0. The molecule has 0 spiro atoms. The Kier molecular flexibility index (Phi) is 5.31. The predicted octanol–water partition coefficient (Wildman–Crippen LogP) is 8.63. The van der Waals surface area contributed by atoms with Crippen LogP contribution in [-0.2, 0) is 19.3 Å². The van der Waals surface area contributed by atoms with E-state index in [0.29, 0.717) is 12.3 Å². The van der Waals surface area contributed by atoms with E-state index in [1.807, 2.05) is 0 Å². The summed E-state index contributed by atoms with van der Waals surface area (Å²) >= 11 is 0. The summed E-state index contributed by atoms with van der Waals surface area (Å²) in [5.74, 6) is 0.393. The maximum Gasteiger partial charge on any atom is 0.0625 e. The highest BCUT2D eigenvalue weighted by atomic mass is 14.3. The van der Waals surface area contributed by atoms with Gasteiger partial charge in [0.05, 0.1) is 6.07 Å². The molecule has 1 nitrogen and oxygen atoms in total. The van der Waals surface area contributed by atoms with E-state index in [-0.39, 0.29) is 0 Å². The van der Waals surface area contributed by atoms with Crippen molar-refractivity contribution in [2.45, 2.75) is 51.4 Å². The fourth-order valence-corrected chi connectivity index (χ4v) is 6.33. The van der Waals surface area contributed by atoms with E-state index in [1.165, 1.54) is 73.0 Å². The summed E-state index contributed by atoms with van der Waals surface area (Å²) in [4.78, 5) is 0. The molecule has 0 heterocycles. The number of fused-ring (bicyclic) bond motifs is 6. The average molecular weight is 440 g/mol. The zero-order chi connectivity index (χ0) is 23.1. The Bertz CT molecular complexity index is 1580. The van der Waals surface area contributed by atoms with Crippen LogP contribution in [-0.4, -0.2) is 0 Å². The van der Waals surface area contributed by atoms with E-state index >= 15 is 0 Å². The molecule has 5 aromatic carbocycles. The monoisotopic (exact) mass is 439 g/mol. The van der Waals surface area contributed by atoms with Gasteiger partial charge in [-0.25, -0.2) is 0 Å². The molecule has 0 saturated carbocycles. The van der Waals surface area contributed by atoms with Crippen LogP contribution >= 0.6 is 0 Å². The third-order valence-electron chi connectivity index (χ3n) is 7.91. The van der Waals surface area contributed by atoms with Gasteiger partial charge in [-0.1, -0.05) is 85.8 Å². The van der Waals surface area contributed by atoms with Crippen LogP contribution in [0, 0.1) is 11.3 Å². The molecule has 6 rings (SSSR count). The van der Waals surface area contributed by atoms with Crippen molar-refractivity contribution >= 4 is 32.3 Å². The first-order valence-corrected chi connectivity index (χ1v) is 12.6. The molecule has 0 N–H and O–H groups in total. The number of nitriles is 1. The van der Waals surface area contributed by atoms with Crippen LogP contribution in [0.5, 0.6) is 0 Å². The lowest BCUT2D eigenvalue weighted by atomic mass is 9.74. The van der Waals surface area contributed by atoms with Gasteiger partial charge in [-0.15, -0.1) is 0 Å². The molecule has 0 aliphatic heterocycles. The van der Waals surface area contributed by atoms with Crippen molar-refractivity contribution in [2.75, 3.05) is 0 Å². The lowest BCUT2D eigenvalue weighted by Gasteiger charge is -2.29. The smallest absolute Gasteiger partial charge is 0.0625 e. The van der Waals surface area contributed by atoms with Crippen LogP contribution < -0.4 is 0 Å². The predicted molar refractivity (Wildman–Crippen MR) is 143 cm³/mol. The molecule has 0 aromatic heterocycles. The summed E-state index contributed by atoms with van der Waals surface area (Å²) in [5, 5.41) is 17.5. The Morgan fingerprint density at radius 2 is 1.53 bits per heavy atom. The van der Waals surface area contributed by atoms with Crippen LogP contribution in [0.25, 0.3) is 32.3 Å². The Labute approximate surface area is 201 Å². The van der Waals surface area contributed by atoms with Gasteiger partial charge in [-0.2, -0.15) is 5.26 Å². The van der Waals surface area contributed by atoms with E-state index in [9.17, 15) is 5.26 Å². The van der Waals surface area contributed by atoms with Crippen molar-refractivity contribution in [1.29, 1.82) is 5.26 Å². The maximum absolute atomic E-state index is 9.35. The highest BCUT2D eigenvalue weighted by Crippen LogP contribution is 2.43. The number of hydrogen-bond donors (Lipinski definition) is 0. The number of nitrogens with zero attached hydrogens (tertiary/aromatic N) is 1. The highest BCUT2D eigenvalue weighted by molar-refractivity contribution is 6.09. The molecule has 1 aliphatic rings. The minimum atomic E-state index is 0.393. The number of hydrogen-bond acceptors (Lipinski definition) is 1. The first-order chi connectivity index (χ1) is 16.8. The molecule has 0 radical (unpaired) electrons. The Balaban J connectivity index is 1.56. The topological polar surface area (TPSA) is 23.8 Å². The van der Waals surface area contributed by atoms with Crippen molar-refractivity contribution in [3.05, 3.63) is 107 Å². The van der Waals surface area contributed by atoms with Gasteiger partial charge >= 0.3 is 0 Å². The van der Waals surface area contributed by atoms with Gasteiger partial charge in [0, 0.05) is 12.3 Å². The van der Waals surface area contributed by atoms with Crippen LogP contribution in [0.15, 0.2) is 78.9 Å². The Hall–Kier alpha value is -3.63. The lowest BCUT2D eigenvalue weighted by molar-refractivity contribution is 0.615. The molecule has 0 amide bonds. The molecule has 5 aromatic rings. The molecule has 1 heteroatoms. The third kappa shape index (κ3) is 3.29.